The van der Waals surface area contributed by atoms with Gasteiger partial charge in [0.25, 0.3) is 0 Å². The summed E-state index contributed by atoms with van der Waals surface area (Å²) < 4.78 is 9.87. The van der Waals surface area contributed by atoms with E-state index in [1.165, 1.54) is 6.20 Å². The van der Waals surface area contributed by atoms with Crippen molar-refractivity contribution in [2.75, 3.05) is 0 Å². The first-order valence-electron chi connectivity index (χ1n) is 9.63. The summed E-state index contributed by atoms with van der Waals surface area (Å²) in [5, 5.41) is 28.5. The molecule has 5 rings (SSSR count). The first-order chi connectivity index (χ1) is 14.7. The van der Waals surface area contributed by atoms with Crippen molar-refractivity contribution in [3.8, 4) is 23.6 Å². The lowest BCUT2D eigenvalue weighted by Gasteiger charge is -2.26. The largest absolute Gasteiger partial charge is 0.484 e. The van der Waals surface area contributed by atoms with Crippen molar-refractivity contribution in [3.05, 3.63) is 65.4 Å². The highest BCUT2D eigenvalue weighted by Gasteiger charge is 2.27. The maximum Gasteiger partial charge on any atom is 0.141 e. The molecule has 1 aromatic carbocycles. The van der Waals surface area contributed by atoms with Crippen LogP contribution in [0.2, 0.25) is 0 Å². The van der Waals surface area contributed by atoms with Crippen LogP contribution in [0, 0.1) is 22.7 Å². The van der Waals surface area contributed by atoms with Gasteiger partial charge in [-0.25, -0.2) is 4.68 Å². The first-order valence-corrected chi connectivity index (χ1v) is 9.63. The van der Waals surface area contributed by atoms with Crippen molar-refractivity contribution in [2.45, 2.75) is 25.4 Å². The van der Waals surface area contributed by atoms with Gasteiger partial charge in [-0.3, -0.25) is 9.67 Å². The molecule has 0 radical (unpaired) electrons. The molecule has 0 saturated heterocycles. The maximum absolute atomic E-state index is 9.53. The standard InChI is InChI=1S/C22H17N7O/c1-28-13-16(12-26-28)29-20-7-17(6-5-14(20)11-27-29)30-21-4-2-3-18-19(9-24)15(8-23)10-25-22(18)21/h5-7,10-13,21H,2-4H2,1H3/t21-/m0/s1. The van der Waals surface area contributed by atoms with Gasteiger partial charge in [0.1, 0.15) is 29.7 Å². The Hall–Kier alpha value is -4.17. The summed E-state index contributed by atoms with van der Waals surface area (Å²) in [4.78, 5) is 4.47. The van der Waals surface area contributed by atoms with Gasteiger partial charge in [-0.2, -0.15) is 20.7 Å². The Labute approximate surface area is 172 Å². The zero-order valence-electron chi connectivity index (χ0n) is 16.3. The number of nitriles is 2. The fourth-order valence-electron chi connectivity index (χ4n) is 3.99. The molecule has 3 heterocycles. The van der Waals surface area contributed by atoms with Crippen molar-refractivity contribution in [1.82, 2.24) is 24.5 Å². The molecule has 146 valence electrons. The van der Waals surface area contributed by atoms with Crippen LogP contribution in [-0.2, 0) is 13.5 Å². The highest BCUT2D eigenvalue weighted by Crippen LogP contribution is 2.35. The summed E-state index contributed by atoms with van der Waals surface area (Å²) in [6.45, 7) is 0. The van der Waals surface area contributed by atoms with Crippen LogP contribution >= 0.6 is 0 Å². The highest BCUT2D eigenvalue weighted by atomic mass is 16.5. The van der Waals surface area contributed by atoms with E-state index in [0.717, 1.165) is 47.1 Å². The molecule has 1 atom stereocenters. The zero-order valence-corrected chi connectivity index (χ0v) is 16.3. The van der Waals surface area contributed by atoms with Gasteiger partial charge >= 0.3 is 0 Å². The summed E-state index contributed by atoms with van der Waals surface area (Å²) in [7, 11) is 1.87. The lowest BCUT2D eigenvalue weighted by atomic mass is 9.89. The number of aryl methyl sites for hydroxylation is 1. The minimum Gasteiger partial charge on any atom is -0.484 e. The number of nitrogens with zero attached hydrogens (tertiary/aromatic N) is 7. The van der Waals surface area contributed by atoms with Gasteiger partial charge in [-0.15, -0.1) is 0 Å². The third kappa shape index (κ3) is 2.87. The predicted molar refractivity (Wildman–Crippen MR) is 108 cm³/mol. The average Bonchev–Trinajstić information content (AvgIpc) is 3.38. The molecule has 1 aliphatic rings. The number of ether oxygens (including phenoxy) is 1. The van der Waals surface area contributed by atoms with Crippen molar-refractivity contribution in [1.29, 1.82) is 10.5 Å². The van der Waals surface area contributed by atoms with Crippen molar-refractivity contribution >= 4 is 10.9 Å². The number of benzene rings is 1. The summed E-state index contributed by atoms with van der Waals surface area (Å²) in [6, 6.07) is 10.1. The van der Waals surface area contributed by atoms with E-state index in [0.29, 0.717) is 16.9 Å². The molecule has 1 aliphatic carbocycles. The normalized spacial score (nSPS) is 15.4. The summed E-state index contributed by atoms with van der Waals surface area (Å²) in [5.74, 6) is 0.704. The van der Waals surface area contributed by atoms with E-state index in [1.54, 1.807) is 10.9 Å². The Kier molecular flexibility index (Phi) is 4.19. The van der Waals surface area contributed by atoms with Crippen LogP contribution in [0.25, 0.3) is 16.6 Å². The molecule has 0 fully saturated rings. The number of hydrogen-bond acceptors (Lipinski definition) is 6. The Balaban J connectivity index is 1.52. The van der Waals surface area contributed by atoms with Crippen LogP contribution in [0.3, 0.4) is 0 Å². The SMILES string of the molecule is Cn1cc(-n2ncc3ccc(O[C@H]4CCCc5c4ncc(C#N)c5C#N)cc32)cn1. The van der Waals surface area contributed by atoms with Gasteiger partial charge in [0.05, 0.1) is 40.9 Å². The number of aromatic nitrogens is 5. The fourth-order valence-corrected chi connectivity index (χ4v) is 3.99. The Morgan fingerprint density at radius 2 is 2.03 bits per heavy atom. The van der Waals surface area contributed by atoms with Gasteiger partial charge in [0.15, 0.2) is 0 Å². The second-order valence-corrected chi connectivity index (χ2v) is 7.28. The molecule has 0 spiro atoms. The predicted octanol–water partition coefficient (Wildman–Crippen LogP) is 3.35. The van der Waals surface area contributed by atoms with Crippen LogP contribution in [0.15, 0.2) is 43.0 Å². The molecule has 8 heteroatoms. The van der Waals surface area contributed by atoms with E-state index in [-0.39, 0.29) is 6.10 Å². The summed E-state index contributed by atoms with van der Waals surface area (Å²) in [5.41, 5.74) is 4.10. The van der Waals surface area contributed by atoms with Gasteiger partial charge in [0, 0.05) is 24.7 Å². The van der Waals surface area contributed by atoms with Crippen LogP contribution in [0.1, 0.15) is 41.3 Å². The third-order valence-corrected chi connectivity index (χ3v) is 5.40. The van der Waals surface area contributed by atoms with Crippen LogP contribution in [-0.4, -0.2) is 24.5 Å². The Morgan fingerprint density at radius 1 is 1.13 bits per heavy atom. The first kappa shape index (κ1) is 17.9. The Bertz CT molecular complexity index is 1350. The number of fused-ring (bicyclic) bond motifs is 2. The van der Waals surface area contributed by atoms with E-state index < -0.39 is 0 Å². The molecular weight excluding hydrogens is 378 g/mol. The monoisotopic (exact) mass is 395 g/mol. The minimum absolute atomic E-state index is 0.263. The van der Waals surface area contributed by atoms with Crippen molar-refractivity contribution in [2.24, 2.45) is 7.05 Å². The fraction of sp³-hybridized carbons (Fsp3) is 0.227. The topological polar surface area (TPSA) is 105 Å². The smallest absolute Gasteiger partial charge is 0.141 e. The van der Waals surface area contributed by atoms with E-state index in [2.05, 4.69) is 27.3 Å². The molecule has 30 heavy (non-hydrogen) atoms. The second kappa shape index (κ2) is 7.02. The summed E-state index contributed by atoms with van der Waals surface area (Å²) in [6.07, 6.45) is 9.09. The molecule has 0 bridgehead atoms. The van der Waals surface area contributed by atoms with Crippen LogP contribution in [0.5, 0.6) is 5.75 Å². The number of hydrogen-bond donors (Lipinski definition) is 0. The average molecular weight is 395 g/mol. The molecular formula is C22H17N7O. The van der Waals surface area contributed by atoms with E-state index >= 15 is 0 Å². The highest BCUT2D eigenvalue weighted by molar-refractivity contribution is 5.81. The zero-order chi connectivity index (χ0) is 20.7. The lowest BCUT2D eigenvalue weighted by Crippen LogP contribution is -2.19. The van der Waals surface area contributed by atoms with E-state index in [1.807, 2.05) is 42.3 Å². The number of rotatable bonds is 3. The van der Waals surface area contributed by atoms with Gasteiger partial charge < -0.3 is 4.74 Å². The lowest BCUT2D eigenvalue weighted by molar-refractivity contribution is 0.178. The third-order valence-electron chi connectivity index (χ3n) is 5.40. The minimum atomic E-state index is -0.263. The molecule has 0 unspecified atom stereocenters. The molecule has 0 aliphatic heterocycles. The maximum atomic E-state index is 9.53. The second-order valence-electron chi connectivity index (χ2n) is 7.28. The number of pyridine rings is 1. The quantitative estimate of drug-likeness (QED) is 0.527. The molecule has 0 saturated carbocycles. The van der Waals surface area contributed by atoms with Crippen molar-refractivity contribution in [3.63, 3.8) is 0 Å². The summed E-state index contributed by atoms with van der Waals surface area (Å²) >= 11 is 0. The molecule has 3 aromatic heterocycles. The molecule has 0 amide bonds. The van der Waals surface area contributed by atoms with E-state index in [9.17, 15) is 10.5 Å². The van der Waals surface area contributed by atoms with Gasteiger partial charge in [-0.05, 0) is 37.0 Å². The van der Waals surface area contributed by atoms with E-state index in [4.69, 9.17) is 4.74 Å². The van der Waals surface area contributed by atoms with Crippen LogP contribution < -0.4 is 4.74 Å². The van der Waals surface area contributed by atoms with Crippen LogP contribution in [0.4, 0.5) is 0 Å². The van der Waals surface area contributed by atoms with Gasteiger partial charge in [-0.1, -0.05) is 0 Å². The van der Waals surface area contributed by atoms with Crippen molar-refractivity contribution < 1.29 is 4.74 Å². The van der Waals surface area contributed by atoms with Gasteiger partial charge in [0.2, 0.25) is 0 Å². The Morgan fingerprint density at radius 3 is 2.80 bits per heavy atom. The molecule has 0 N–H and O–H groups in total. The molecule has 8 nitrogen and oxygen atoms in total. The molecule has 4 aromatic rings.